The van der Waals surface area contributed by atoms with Gasteiger partial charge in [-0.05, 0) is 44.0 Å². The molecule has 1 aliphatic heterocycles. The lowest BCUT2D eigenvalue weighted by atomic mass is 9.89. The van der Waals surface area contributed by atoms with E-state index in [1.807, 2.05) is 37.3 Å². The van der Waals surface area contributed by atoms with Gasteiger partial charge in [0.15, 0.2) is 0 Å². The Morgan fingerprint density at radius 1 is 1.31 bits per heavy atom. The summed E-state index contributed by atoms with van der Waals surface area (Å²) in [5.74, 6) is 2.04. The first-order valence-corrected chi connectivity index (χ1v) is 10.3. The van der Waals surface area contributed by atoms with Crippen molar-refractivity contribution in [2.45, 2.75) is 44.6 Å². The van der Waals surface area contributed by atoms with E-state index in [1.165, 1.54) is 0 Å². The molecule has 26 heavy (non-hydrogen) atoms. The Kier molecular flexibility index (Phi) is 5.83. The molecule has 5 heteroatoms. The molecule has 0 saturated carbocycles. The number of ether oxygens (including phenoxy) is 1. The lowest BCUT2D eigenvalue weighted by molar-refractivity contribution is -0.119. The maximum atomic E-state index is 12.5. The van der Waals surface area contributed by atoms with Gasteiger partial charge >= 0.3 is 0 Å². The van der Waals surface area contributed by atoms with E-state index in [2.05, 4.69) is 31.3 Å². The number of nitrogens with one attached hydrogen (secondary N) is 1. The first-order chi connectivity index (χ1) is 12.3. The second-order valence-corrected chi connectivity index (χ2v) is 8.70. The van der Waals surface area contributed by atoms with Gasteiger partial charge in [0.2, 0.25) is 5.91 Å². The number of carbonyl (C=O) groups excluding carboxylic acids is 1. The topological polar surface area (TPSA) is 38.3 Å². The molecular weight excluding hydrogens is 366 g/mol. The molecule has 3 nitrogen and oxygen atoms in total. The minimum Gasteiger partial charge on any atom is -0.487 e. The number of rotatable bonds is 5. The van der Waals surface area contributed by atoms with Crippen molar-refractivity contribution in [1.29, 1.82) is 0 Å². The molecule has 0 fully saturated rings. The van der Waals surface area contributed by atoms with Gasteiger partial charge in [0.1, 0.15) is 11.4 Å². The molecule has 0 spiro atoms. The van der Waals surface area contributed by atoms with Crippen LogP contribution in [0.3, 0.4) is 0 Å². The van der Waals surface area contributed by atoms with Gasteiger partial charge in [-0.1, -0.05) is 41.9 Å². The fourth-order valence-electron chi connectivity index (χ4n) is 3.19. The maximum Gasteiger partial charge on any atom is 0.230 e. The van der Waals surface area contributed by atoms with Crippen LogP contribution in [0.1, 0.15) is 43.0 Å². The number of aryl methyl sites for hydroxylation is 1. The average molecular weight is 390 g/mol. The molecule has 1 N–H and O–H groups in total. The van der Waals surface area contributed by atoms with E-state index in [9.17, 15) is 4.79 Å². The summed E-state index contributed by atoms with van der Waals surface area (Å²) < 4.78 is 6.09. The SMILES string of the molecule is Cc1ccc2c(c1)OC(C)(C)C[C@@H]2NC(=O)CSCc1ccccc1Cl. The Hall–Kier alpha value is -1.65. The van der Waals surface area contributed by atoms with Crippen LogP contribution in [0.2, 0.25) is 5.02 Å². The van der Waals surface area contributed by atoms with E-state index in [4.69, 9.17) is 16.3 Å². The minimum atomic E-state index is -0.302. The Bertz CT molecular complexity index is 806. The highest BCUT2D eigenvalue weighted by Crippen LogP contribution is 2.39. The van der Waals surface area contributed by atoms with Crippen molar-refractivity contribution in [3.05, 3.63) is 64.2 Å². The third kappa shape index (κ3) is 4.74. The fourth-order valence-corrected chi connectivity index (χ4v) is 4.32. The smallest absolute Gasteiger partial charge is 0.230 e. The Balaban J connectivity index is 1.61. The summed E-state index contributed by atoms with van der Waals surface area (Å²) in [5, 5.41) is 3.92. The molecule has 2 aromatic carbocycles. The highest BCUT2D eigenvalue weighted by Gasteiger charge is 2.34. The van der Waals surface area contributed by atoms with Crippen molar-refractivity contribution in [2.24, 2.45) is 0 Å². The summed E-state index contributed by atoms with van der Waals surface area (Å²) in [7, 11) is 0. The van der Waals surface area contributed by atoms with Gasteiger partial charge in [0.25, 0.3) is 0 Å². The summed E-state index contributed by atoms with van der Waals surface area (Å²) in [5.41, 5.74) is 2.96. The van der Waals surface area contributed by atoms with Crippen LogP contribution in [0.25, 0.3) is 0 Å². The van der Waals surface area contributed by atoms with Crippen LogP contribution in [0, 0.1) is 6.92 Å². The third-order valence-electron chi connectivity index (χ3n) is 4.41. The number of fused-ring (bicyclic) bond motifs is 1. The van der Waals surface area contributed by atoms with Crippen LogP contribution in [-0.4, -0.2) is 17.3 Å². The van der Waals surface area contributed by atoms with E-state index in [-0.39, 0.29) is 17.6 Å². The van der Waals surface area contributed by atoms with Gasteiger partial charge in [-0.2, -0.15) is 0 Å². The number of hydrogen-bond donors (Lipinski definition) is 1. The Morgan fingerprint density at radius 3 is 2.85 bits per heavy atom. The Morgan fingerprint density at radius 2 is 2.08 bits per heavy atom. The summed E-state index contributed by atoms with van der Waals surface area (Å²) in [6.07, 6.45) is 0.754. The van der Waals surface area contributed by atoms with Gasteiger partial charge in [-0.15, -0.1) is 11.8 Å². The van der Waals surface area contributed by atoms with Gasteiger partial charge in [0.05, 0.1) is 11.8 Å². The second-order valence-electron chi connectivity index (χ2n) is 7.31. The number of halogens is 1. The molecule has 0 saturated heterocycles. The average Bonchev–Trinajstić information content (AvgIpc) is 2.55. The van der Waals surface area contributed by atoms with Crippen molar-refractivity contribution >= 4 is 29.3 Å². The van der Waals surface area contributed by atoms with Crippen molar-refractivity contribution in [2.75, 3.05) is 5.75 Å². The summed E-state index contributed by atoms with van der Waals surface area (Å²) in [4.78, 5) is 12.5. The lowest BCUT2D eigenvalue weighted by Crippen LogP contribution is -2.41. The zero-order valence-electron chi connectivity index (χ0n) is 15.3. The molecule has 0 bridgehead atoms. The number of carbonyl (C=O) groups is 1. The molecule has 0 aromatic heterocycles. The van der Waals surface area contributed by atoms with Crippen LogP contribution >= 0.6 is 23.4 Å². The monoisotopic (exact) mass is 389 g/mol. The highest BCUT2D eigenvalue weighted by atomic mass is 35.5. The molecular formula is C21H24ClNO2S. The predicted molar refractivity (Wildman–Crippen MR) is 109 cm³/mol. The first kappa shape index (κ1) is 19.1. The molecule has 3 rings (SSSR count). The Labute approximate surface area is 164 Å². The van der Waals surface area contributed by atoms with Crippen LogP contribution in [0.4, 0.5) is 0 Å². The van der Waals surface area contributed by atoms with Gasteiger partial charge in [-0.3, -0.25) is 4.79 Å². The summed E-state index contributed by atoms with van der Waals surface area (Å²) in [6, 6.07) is 13.9. The van der Waals surface area contributed by atoms with Gasteiger partial charge in [0, 0.05) is 22.8 Å². The molecule has 2 aromatic rings. The van der Waals surface area contributed by atoms with E-state index >= 15 is 0 Å². The second kappa shape index (κ2) is 7.93. The lowest BCUT2D eigenvalue weighted by Gasteiger charge is -2.38. The zero-order chi connectivity index (χ0) is 18.7. The van der Waals surface area contributed by atoms with E-state index in [1.54, 1.807) is 11.8 Å². The molecule has 1 atom stereocenters. The number of benzene rings is 2. The number of hydrogen-bond acceptors (Lipinski definition) is 3. The largest absolute Gasteiger partial charge is 0.487 e. The number of amides is 1. The molecule has 1 heterocycles. The highest BCUT2D eigenvalue weighted by molar-refractivity contribution is 7.99. The van der Waals surface area contributed by atoms with Crippen molar-refractivity contribution in [1.82, 2.24) is 5.32 Å². The maximum absolute atomic E-state index is 12.5. The molecule has 0 aliphatic carbocycles. The van der Waals surface area contributed by atoms with E-state index in [0.29, 0.717) is 5.75 Å². The van der Waals surface area contributed by atoms with Crippen LogP contribution in [0.15, 0.2) is 42.5 Å². The molecule has 138 valence electrons. The quantitative estimate of drug-likeness (QED) is 0.753. The first-order valence-electron chi connectivity index (χ1n) is 8.74. The van der Waals surface area contributed by atoms with Gasteiger partial charge < -0.3 is 10.1 Å². The molecule has 1 amide bonds. The predicted octanol–water partition coefficient (Wildman–Crippen LogP) is 5.30. The molecule has 0 unspecified atom stereocenters. The van der Waals surface area contributed by atoms with Crippen molar-refractivity contribution in [3.8, 4) is 5.75 Å². The van der Waals surface area contributed by atoms with E-state index < -0.39 is 0 Å². The van der Waals surface area contributed by atoms with E-state index in [0.717, 1.165) is 39.6 Å². The van der Waals surface area contributed by atoms with Crippen LogP contribution in [0.5, 0.6) is 5.75 Å². The van der Waals surface area contributed by atoms with Crippen molar-refractivity contribution in [3.63, 3.8) is 0 Å². The summed E-state index contributed by atoms with van der Waals surface area (Å²) >= 11 is 7.74. The normalized spacial score (nSPS) is 17.9. The fraction of sp³-hybridized carbons (Fsp3) is 0.381. The van der Waals surface area contributed by atoms with Crippen molar-refractivity contribution < 1.29 is 9.53 Å². The van der Waals surface area contributed by atoms with Crippen LogP contribution in [-0.2, 0) is 10.5 Å². The van der Waals surface area contributed by atoms with Gasteiger partial charge in [-0.25, -0.2) is 0 Å². The third-order valence-corrected chi connectivity index (χ3v) is 5.76. The zero-order valence-corrected chi connectivity index (χ0v) is 16.9. The standard InChI is InChI=1S/C21H24ClNO2S/c1-14-8-9-16-18(11-21(2,3)25-19(16)10-14)23-20(24)13-26-12-15-6-4-5-7-17(15)22/h4-10,18H,11-13H2,1-3H3,(H,23,24)/t18-/m0/s1. The number of thioether (sulfide) groups is 1. The van der Waals surface area contributed by atoms with Crippen LogP contribution < -0.4 is 10.1 Å². The molecule has 0 radical (unpaired) electrons. The molecule has 1 aliphatic rings. The summed E-state index contributed by atoms with van der Waals surface area (Å²) in [6.45, 7) is 6.16. The minimum absolute atomic E-state index is 0.0252.